The average Bonchev–Trinajstić information content (AvgIpc) is 2.98. The Bertz CT molecular complexity index is 918. The number of hydrogen-bond donors (Lipinski definition) is 0. The molecule has 5 nitrogen and oxygen atoms in total. The molecule has 4 rings (SSSR count). The molecule has 2 aliphatic heterocycles. The van der Waals surface area contributed by atoms with Crippen LogP contribution >= 0.6 is 0 Å². The van der Waals surface area contributed by atoms with E-state index in [1.807, 2.05) is 37.9 Å². The van der Waals surface area contributed by atoms with Crippen molar-refractivity contribution in [2.45, 2.75) is 38.9 Å². The van der Waals surface area contributed by atoms with E-state index in [9.17, 15) is 9.18 Å². The summed E-state index contributed by atoms with van der Waals surface area (Å²) in [6.07, 6.45) is 3.25. The summed E-state index contributed by atoms with van der Waals surface area (Å²) in [7, 11) is 1.81. The monoisotopic (exact) mass is 369 g/mol. The molecule has 2 aliphatic rings. The first-order chi connectivity index (χ1) is 13.0. The number of aromatic nitrogens is 2. The van der Waals surface area contributed by atoms with E-state index in [2.05, 4.69) is 5.10 Å². The lowest BCUT2D eigenvalue weighted by atomic mass is 9.97. The summed E-state index contributed by atoms with van der Waals surface area (Å²) >= 11 is 0. The Balaban J connectivity index is 1.58. The molecule has 0 spiro atoms. The van der Waals surface area contributed by atoms with Crippen LogP contribution in [0.2, 0.25) is 0 Å². The largest absolute Gasteiger partial charge is 0.369 e. The van der Waals surface area contributed by atoms with Gasteiger partial charge in [-0.1, -0.05) is 24.3 Å². The first-order valence-electron chi connectivity index (χ1n) is 9.40. The Morgan fingerprint density at radius 3 is 2.78 bits per heavy atom. The second-order valence-electron chi connectivity index (χ2n) is 7.34. The molecule has 2 atom stereocenters. The fourth-order valence-corrected chi connectivity index (χ4v) is 4.10. The van der Waals surface area contributed by atoms with Crippen molar-refractivity contribution in [3.63, 3.8) is 0 Å². The molecule has 3 heterocycles. The number of nitrogens with zero attached hydrogens (tertiary/aromatic N) is 3. The van der Waals surface area contributed by atoms with Crippen molar-refractivity contribution in [2.24, 2.45) is 7.05 Å². The van der Waals surface area contributed by atoms with Crippen LogP contribution in [-0.4, -0.2) is 39.8 Å². The highest BCUT2D eigenvalue weighted by Crippen LogP contribution is 2.32. The number of fused-ring (bicyclic) bond motifs is 1. The molecule has 0 aliphatic carbocycles. The van der Waals surface area contributed by atoms with E-state index < -0.39 is 0 Å². The second-order valence-corrected chi connectivity index (χ2v) is 7.34. The minimum absolute atomic E-state index is 0.0172. The van der Waals surface area contributed by atoms with Crippen molar-refractivity contribution < 1.29 is 13.9 Å². The fraction of sp³-hybridized carbons (Fsp3) is 0.429. The smallest absolute Gasteiger partial charge is 0.272 e. The Morgan fingerprint density at radius 2 is 2.07 bits per heavy atom. The van der Waals surface area contributed by atoms with Gasteiger partial charge in [-0.2, -0.15) is 5.10 Å². The lowest BCUT2D eigenvalue weighted by Gasteiger charge is -2.28. The van der Waals surface area contributed by atoms with Gasteiger partial charge in [-0.3, -0.25) is 9.48 Å². The van der Waals surface area contributed by atoms with Gasteiger partial charge in [-0.15, -0.1) is 0 Å². The number of amides is 1. The quantitative estimate of drug-likeness (QED) is 0.814. The maximum atomic E-state index is 14.0. The zero-order valence-corrected chi connectivity index (χ0v) is 15.9. The van der Waals surface area contributed by atoms with Gasteiger partial charge in [0.25, 0.3) is 5.91 Å². The topological polar surface area (TPSA) is 47.4 Å². The van der Waals surface area contributed by atoms with E-state index in [1.54, 1.807) is 16.8 Å². The number of carbonyl (C=O) groups excluding carboxylic acids is 1. The Hall–Kier alpha value is -2.47. The summed E-state index contributed by atoms with van der Waals surface area (Å²) in [5.74, 6) is -0.233. The van der Waals surface area contributed by atoms with Crippen molar-refractivity contribution in [1.82, 2.24) is 14.7 Å². The van der Waals surface area contributed by atoms with Gasteiger partial charge in [0.2, 0.25) is 0 Å². The van der Waals surface area contributed by atoms with Crippen molar-refractivity contribution >= 4 is 11.5 Å². The highest BCUT2D eigenvalue weighted by Gasteiger charge is 2.33. The SMILES string of the molecule is C[C@@H]1Cc2c(nn(C)c2C(=O)N2CC=C(c3ccccc3F)CC2)[C@H](C)O1. The number of carbonyl (C=O) groups is 1. The molecule has 0 fully saturated rings. The molecule has 0 saturated heterocycles. The average molecular weight is 369 g/mol. The Labute approximate surface area is 158 Å². The summed E-state index contributed by atoms with van der Waals surface area (Å²) in [6.45, 7) is 5.04. The predicted octanol–water partition coefficient (Wildman–Crippen LogP) is 3.51. The maximum Gasteiger partial charge on any atom is 0.272 e. The number of hydrogen-bond acceptors (Lipinski definition) is 3. The van der Waals surface area contributed by atoms with Gasteiger partial charge in [0.1, 0.15) is 11.5 Å². The van der Waals surface area contributed by atoms with E-state index in [0.717, 1.165) is 16.8 Å². The third kappa shape index (κ3) is 3.18. The standard InChI is InChI=1S/C21H24FN3O2/c1-13-12-17-19(14(2)27-13)23-24(3)20(17)21(26)25-10-8-15(9-11-25)16-6-4-5-7-18(16)22/h4-8,13-14H,9-12H2,1-3H3/t13-,14+/m1/s1. The van der Waals surface area contributed by atoms with Crippen LogP contribution in [-0.2, 0) is 18.2 Å². The van der Waals surface area contributed by atoms with E-state index >= 15 is 0 Å². The van der Waals surface area contributed by atoms with Gasteiger partial charge in [0.15, 0.2) is 0 Å². The van der Waals surface area contributed by atoms with E-state index in [4.69, 9.17) is 4.74 Å². The highest BCUT2D eigenvalue weighted by molar-refractivity contribution is 5.95. The highest BCUT2D eigenvalue weighted by atomic mass is 19.1. The zero-order chi connectivity index (χ0) is 19.1. The van der Waals surface area contributed by atoms with Crippen LogP contribution < -0.4 is 0 Å². The van der Waals surface area contributed by atoms with Gasteiger partial charge in [0, 0.05) is 37.7 Å². The molecule has 2 aromatic rings. The minimum atomic E-state index is -0.216. The van der Waals surface area contributed by atoms with Gasteiger partial charge >= 0.3 is 0 Å². The number of aryl methyl sites for hydroxylation is 1. The van der Waals surface area contributed by atoms with Crippen molar-refractivity contribution in [1.29, 1.82) is 0 Å². The van der Waals surface area contributed by atoms with Crippen LogP contribution in [0, 0.1) is 5.82 Å². The Morgan fingerprint density at radius 1 is 1.30 bits per heavy atom. The number of ether oxygens (including phenoxy) is 1. The fourth-order valence-electron chi connectivity index (χ4n) is 4.10. The minimum Gasteiger partial charge on any atom is -0.369 e. The first kappa shape index (κ1) is 17.9. The van der Waals surface area contributed by atoms with Crippen LogP contribution in [0.1, 0.15) is 53.7 Å². The normalized spacial score (nSPS) is 22.4. The van der Waals surface area contributed by atoms with Crippen molar-refractivity contribution in [2.75, 3.05) is 13.1 Å². The molecular formula is C21H24FN3O2. The molecule has 0 unspecified atom stereocenters. The molecule has 0 bridgehead atoms. The van der Waals surface area contributed by atoms with Crippen LogP contribution in [0.25, 0.3) is 5.57 Å². The summed E-state index contributed by atoms with van der Waals surface area (Å²) in [5.41, 5.74) is 4.09. The van der Waals surface area contributed by atoms with Crippen molar-refractivity contribution in [3.8, 4) is 0 Å². The molecule has 6 heteroatoms. The predicted molar refractivity (Wildman–Crippen MR) is 101 cm³/mol. The molecule has 0 radical (unpaired) electrons. The van der Waals surface area contributed by atoms with Gasteiger partial charge < -0.3 is 9.64 Å². The van der Waals surface area contributed by atoms with Gasteiger partial charge in [-0.25, -0.2) is 4.39 Å². The molecule has 27 heavy (non-hydrogen) atoms. The van der Waals surface area contributed by atoms with Crippen molar-refractivity contribution in [3.05, 3.63) is 58.7 Å². The third-order valence-electron chi connectivity index (χ3n) is 5.41. The lowest BCUT2D eigenvalue weighted by molar-refractivity contribution is -0.00713. The van der Waals surface area contributed by atoms with Crippen LogP contribution in [0.15, 0.2) is 30.3 Å². The van der Waals surface area contributed by atoms with Crippen LogP contribution in [0.3, 0.4) is 0 Å². The molecule has 0 N–H and O–H groups in total. The van der Waals surface area contributed by atoms with Gasteiger partial charge in [0.05, 0.1) is 17.9 Å². The summed E-state index contributed by atoms with van der Waals surface area (Å²) in [5, 5.41) is 4.54. The van der Waals surface area contributed by atoms with E-state index in [1.165, 1.54) is 6.07 Å². The van der Waals surface area contributed by atoms with E-state index in [0.29, 0.717) is 37.2 Å². The first-order valence-corrected chi connectivity index (χ1v) is 9.40. The lowest BCUT2D eigenvalue weighted by Crippen LogP contribution is -2.36. The zero-order valence-electron chi connectivity index (χ0n) is 15.9. The Kier molecular flexibility index (Phi) is 4.60. The number of rotatable bonds is 2. The molecule has 1 aromatic carbocycles. The number of benzene rings is 1. The van der Waals surface area contributed by atoms with E-state index in [-0.39, 0.29) is 23.9 Å². The summed E-state index contributed by atoms with van der Waals surface area (Å²) < 4.78 is 21.5. The molecule has 1 aromatic heterocycles. The molecule has 1 amide bonds. The summed E-state index contributed by atoms with van der Waals surface area (Å²) in [4.78, 5) is 15.0. The maximum absolute atomic E-state index is 14.0. The second kappa shape index (κ2) is 6.93. The number of halogens is 1. The van der Waals surface area contributed by atoms with Gasteiger partial charge in [-0.05, 0) is 31.9 Å². The summed E-state index contributed by atoms with van der Waals surface area (Å²) in [6, 6.07) is 6.79. The van der Waals surface area contributed by atoms with Crippen LogP contribution in [0.5, 0.6) is 0 Å². The third-order valence-corrected chi connectivity index (χ3v) is 5.41. The molecular weight excluding hydrogens is 345 g/mol. The molecule has 0 saturated carbocycles. The molecule has 142 valence electrons. The van der Waals surface area contributed by atoms with Crippen LogP contribution in [0.4, 0.5) is 4.39 Å².